The van der Waals surface area contributed by atoms with Crippen LogP contribution in [-0.2, 0) is 4.79 Å². The number of halogens is 3. The molecule has 2 rings (SSSR count). The summed E-state index contributed by atoms with van der Waals surface area (Å²) in [6.07, 6.45) is -0.977. The predicted molar refractivity (Wildman–Crippen MR) is 62.8 cm³/mol. The van der Waals surface area contributed by atoms with E-state index in [9.17, 15) is 23.5 Å². The van der Waals surface area contributed by atoms with Crippen molar-refractivity contribution in [2.24, 2.45) is 0 Å². The van der Waals surface area contributed by atoms with E-state index in [0.29, 0.717) is 0 Å². The van der Waals surface area contributed by atoms with Gasteiger partial charge < -0.3 is 5.11 Å². The number of ketones is 1. The highest BCUT2D eigenvalue weighted by atomic mass is 79.9. The third-order valence-corrected chi connectivity index (χ3v) is 3.33. The molecule has 1 aromatic carbocycles. The van der Waals surface area contributed by atoms with Crippen molar-refractivity contribution in [1.82, 2.24) is 0 Å². The summed E-state index contributed by atoms with van der Waals surface area (Å²) < 4.78 is 27.1. The number of anilines is 1. The van der Waals surface area contributed by atoms with Crippen LogP contribution >= 0.6 is 15.9 Å². The number of alkyl halides is 1. The zero-order valence-corrected chi connectivity index (χ0v) is 10.6. The molecule has 96 valence electrons. The van der Waals surface area contributed by atoms with Crippen LogP contribution in [-0.4, -0.2) is 34.8 Å². The van der Waals surface area contributed by atoms with Gasteiger partial charge in [-0.2, -0.15) is 0 Å². The van der Waals surface area contributed by atoms with Gasteiger partial charge in [-0.15, -0.1) is 0 Å². The minimum absolute atomic E-state index is 0.150. The van der Waals surface area contributed by atoms with Crippen molar-refractivity contribution in [3.05, 3.63) is 29.3 Å². The molecule has 1 aliphatic rings. The third kappa shape index (κ3) is 1.93. The van der Waals surface area contributed by atoms with Crippen LogP contribution in [0.1, 0.15) is 10.4 Å². The maximum atomic E-state index is 13.6. The molecule has 0 saturated carbocycles. The molecule has 4 nitrogen and oxygen atoms in total. The second-order valence-corrected chi connectivity index (χ2v) is 4.45. The zero-order chi connectivity index (χ0) is 13.4. The van der Waals surface area contributed by atoms with E-state index in [0.717, 1.165) is 17.0 Å². The van der Waals surface area contributed by atoms with Crippen molar-refractivity contribution in [3.8, 4) is 0 Å². The minimum Gasteiger partial charge on any atom is -0.390 e. The Hall–Kier alpha value is -1.34. The van der Waals surface area contributed by atoms with Crippen LogP contribution in [0.2, 0.25) is 0 Å². The van der Waals surface area contributed by atoms with Crippen molar-refractivity contribution in [3.63, 3.8) is 0 Å². The molecule has 18 heavy (non-hydrogen) atoms. The number of hydrogen-bond donors (Lipinski definition) is 1. The van der Waals surface area contributed by atoms with Gasteiger partial charge in [-0.25, -0.2) is 8.78 Å². The predicted octanol–water partition coefficient (Wildman–Crippen LogP) is 1.25. The molecule has 0 spiro atoms. The molecule has 0 aliphatic carbocycles. The van der Waals surface area contributed by atoms with Crippen molar-refractivity contribution < 1.29 is 23.5 Å². The Kier molecular flexibility index (Phi) is 3.45. The van der Waals surface area contributed by atoms with E-state index < -0.39 is 40.7 Å². The summed E-state index contributed by atoms with van der Waals surface area (Å²) in [5.41, 5.74) is -0.966. The number of aliphatic hydroxyl groups excluding tert-OH is 1. The lowest BCUT2D eigenvalue weighted by molar-refractivity contribution is -0.114. The van der Waals surface area contributed by atoms with Gasteiger partial charge >= 0.3 is 0 Å². The zero-order valence-electron chi connectivity index (χ0n) is 8.99. The second kappa shape index (κ2) is 4.74. The Morgan fingerprint density at radius 2 is 1.89 bits per heavy atom. The fraction of sp³-hybridized carbons (Fsp3) is 0.273. The number of carbonyl (C=O) groups is 2. The molecule has 1 heterocycles. The topological polar surface area (TPSA) is 57.6 Å². The van der Waals surface area contributed by atoms with Gasteiger partial charge in [0, 0.05) is 5.33 Å². The average Bonchev–Trinajstić information content (AvgIpc) is 2.60. The second-order valence-electron chi connectivity index (χ2n) is 3.81. The van der Waals surface area contributed by atoms with Gasteiger partial charge in [0.05, 0.1) is 23.9 Å². The molecule has 0 radical (unpaired) electrons. The minimum atomic E-state index is -1.09. The molecule has 0 saturated heterocycles. The largest absolute Gasteiger partial charge is 0.390 e. The number of fused-ring (bicyclic) bond motifs is 1. The lowest BCUT2D eigenvalue weighted by Crippen LogP contribution is -2.37. The summed E-state index contributed by atoms with van der Waals surface area (Å²) in [4.78, 5) is 24.0. The molecule has 1 atom stereocenters. The van der Waals surface area contributed by atoms with E-state index in [1.165, 1.54) is 0 Å². The van der Waals surface area contributed by atoms with Crippen LogP contribution < -0.4 is 4.90 Å². The molecular weight excluding hydrogens is 312 g/mol. The third-order valence-electron chi connectivity index (χ3n) is 2.59. The smallest absolute Gasteiger partial charge is 0.299 e. The summed E-state index contributed by atoms with van der Waals surface area (Å²) >= 11 is 2.99. The van der Waals surface area contributed by atoms with E-state index in [1.807, 2.05) is 0 Å². The Bertz CT molecular complexity index is 535. The van der Waals surface area contributed by atoms with E-state index >= 15 is 0 Å². The fourth-order valence-electron chi connectivity index (χ4n) is 1.79. The first-order valence-corrected chi connectivity index (χ1v) is 6.17. The number of nitrogens with zero attached hydrogens (tertiary/aromatic N) is 1. The molecular formula is C11H8BrF2NO3. The van der Waals surface area contributed by atoms with Gasteiger partial charge in [0.2, 0.25) is 0 Å². The lowest BCUT2D eigenvalue weighted by atomic mass is 10.1. The molecule has 1 aromatic rings. The number of hydrogen-bond acceptors (Lipinski definition) is 3. The average molecular weight is 320 g/mol. The van der Waals surface area contributed by atoms with Crippen LogP contribution in [0, 0.1) is 11.6 Å². The molecule has 1 amide bonds. The molecule has 0 fully saturated rings. The highest BCUT2D eigenvalue weighted by Crippen LogP contribution is 2.33. The number of β-amino-alcohol motifs (C(OH)–C–C–N with tert-alkyl or cyclic N) is 1. The summed E-state index contributed by atoms with van der Waals surface area (Å²) in [7, 11) is 0. The summed E-state index contributed by atoms with van der Waals surface area (Å²) in [5, 5.41) is 9.59. The van der Waals surface area contributed by atoms with E-state index in [4.69, 9.17) is 0 Å². The summed E-state index contributed by atoms with van der Waals surface area (Å²) in [5.74, 6) is -3.94. The Labute approximate surface area is 109 Å². The first-order chi connectivity index (χ1) is 8.47. The van der Waals surface area contributed by atoms with Crippen LogP contribution in [0.25, 0.3) is 0 Å². The Balaban J connectivity index is 2.51. The monoisotopic (exact) mass is 319 g/mol. The molecule has 0 aromatic heterocycles. The van der Waals surface area contributed by atoms with Crippen LogP contribution in [0.5, 0.6) is 0 Å². The number of amides is 1. The number of rotatable bonds is 3. The summed E-state index contributed by atoms with van der Waals surface area (Å²) in [6, 6.07) is 1.64. The molecule has 7 heteroatoms. The Morgan fingerprint density at radius 1 is 1.28 bits per heavy atom. The van der Waals surface area contributed by atoms with Crippen LogP contribution in [0.3, 0.4) is 0 Å². The van der Waals surface area contributed by atoms with Crippen molar-refractivity contribution in [2.75, 3.05) is 16.8 Å². The standard InChI is InChI=1S/C11H8BrF2NO3/c12-3-5(16)4-15-9-7(14)2-1-6(13)8(9)10(17)11(15)18/h1-2,5,16H,3-4H2. The van der Waals surface area contributed by atoms with Gasteiger partial charge in [-0.05, 0) is 12.1 Å². The molecule has 1 aliphatic heterocycles. The number of aliphatic hydroxyl groups is 1. The molecule has 1 unspecified atom stereocenters. The van der Waals surface area contributed by atoms with E-state index in [2.05, 4.69) is 15.9 Å². The maximum absolute atomic E-state index is 13.6. The number of carbonyl (C=O) groups excluding carboxylic acids is 2. The quantitative estimate of drug-likeness (QED) is 0.674. The molecule has 0 bridgehead atoms. The van der Waals surface area contributed by atoms with Gasteiger partial charge in [-0.1, -0.05) is 15.9 Å². The Morgan fingerprint density at radius 3 is 2.50 bits per heavy atom. The van der Waals surface area contributed by atoms with Gasteiger partial charge in [0.25, 0.3) is 11.7 Å². The highest BCUT2D eigenvalue weighted by molar-refractivity contribution is 9.09. The van der Waals surface area contributed by atoms with Crippen molar-refractivity contribution in [2.45, 2.75) is 6.10 Å². The first-order valence-electron chi connectivity index (χ1n) is 5.05. The van der Waals surface area contributed by atoms with Gasteiger partial charge in [0.15, 0.2) is 0 Å². The first kappa shape index (κ1) is 13.1. The summed E-state index contributed by atoms with van der Waals surface area (Å²) in [6.45, 7) is -0.275. The van der Waals surface area contributed by atoms with Crippen LogP contribution in [0.15, 0.2) is 12.1 Å². The lowest BCUT2D eigenvalue weighted by Gasteiger charge is -2.19. The SMILES string of the molecule is O=C1C(=O)N(CC(O)CBr)c2c(F)ccc(F)c21. The fourth-order valence-corrected chi connectivity index (χ4v) is 1.99. The van der Waals surface area contributed by atoms with Crippen molar-refractivity contribution >= 4 is 33.3 Å². The van der Waals surface area contributed by atoms with Gasteiger partial charge in [-0.3, -0.25) is 14.5 Å². The van der Waals surface area contributed by atoms with E-state index in [1.54, 1.807) is 0 Å². The highest BCUT2D eigenvalue weighted by Gasteiger charge is 2.41. The normalized spacial score (nSPS) is 16.1. The van der Waals surface area contributed by atoms with Crippen LogP contribution in [0.4, 0.5) is 14.5 Å². The number of Topliss-reactive ketones (excluding diaryl/α,β-unsaturated/α-hetero) is 1. The molecule has 1 N–H and O–H groups in total. The van der Waals surface area contributed by atoms with Crippen molar-refractivity contribution in [1.29, 1.82) is 0 Å². The maximum Gasteiger partial charge on any atom is 0.299 e. The van der Waals surface area contributed by atoms with Gasteiger partial charge in [0.1, 0.15) is 11.6 Å². The number of benzene rings is 1. The van der Waals surface area contributed by atoms with E-state index in [-0.39, 0.29) is 11.9 Å².